The van der Waals surface area contributed by atoms with Crippen LogP contribution in [0.5, 0.6) is 0 Å². The molecule has 3 rings (SSSR count). The summed E-state index contributed by atoms with van der Waals surface area (Å²) in [5.41, 5.74) is 3.07. The molecule has 2 N–H and O–H groups in total. The molecule has 4 nitrogen and oxygen atoms in total. The lowest BCUT2D eigenvalue weighted by Crippen LogP contribution is -2.40. The van der Waals surface area contributed by atoms with Gasteiger partial charge >= 0.3 is 5.97 Å². The molecule has 4 heteroatoms. The fourth-order valence-corrected chi connectivity index (χ4v) is 3.39. The standard InChI is InChI=1S/C15H19NO3/c1-19-13(17)11-2-3-12-9-15(5-4-10(12)8-11)6-7-16-14(15)18/h2-3,8,14,16,18H,4-7,9H2,1H3/t14?,15-/m0/s1. The molecule has 0 saturated carbocycles. The van der Waals surface area contributed by atoms with Gasteiger partial charge in [-0.2, -0.15) is 0 Å². The number of rotatable bonds is 1. The smallest absolute Gasteiger partial charge is 0.337 e. The molecular weight excluding hydrogens is 242 g/mol. The Morgan fingerprint density at radius 2 is 2.26 bits per heavy atom. The molecule has 1 heterocycles. The summed E-state index contributed by atoms with van der Waals surface area (Å²) in [7, 11) is 1.40. The second-order valence-electron chi connectivity index (χ2n) is 5.62. The SMILES string of the molecule is COC(=O)c1ccc2c(c1)CC[C@]1(CCNC1O)C2. The highest BCUT2D eigenvalue weighted by Crippen LogP contribution is 2.43. The Bertz CT molecular complexity index is 514. The molecule has 1 fully saturated rings. The van der Waals surface area contributed by atoms with Crippen LogP contribution < -0.4 is 5.32 Å². The third-order valence-corrected chi connectivity index (χ3v) is 4.60. The first kappa shape index (κ1) is 12.6. The molecule has 1 saturated heterocycles. The van der Waals surface area contributed by atoms with E-state index in [4.69, 9.17) is 4.74 Å². The number of esters is 1. The van der Waals surface area contributed by atoms with Crippen LogP contribution in [0.3, 0.4) is 0 Å². The molecule has 1 unspecified atom stereocenters. The van der Waals surface area contributed by atoms with Crippen molar-refractivity contribution >= 4 is 5.97 Å². The van der Waals surface area contributed by atoms with Gasteiger partial charge in [-0.15, -0.1) is 0 Å². The van der Waals surface area contributed by atoms with Crippen LogP contribution >= 0.6 is 0 Å². The van der Waals surface area contributed by atoms with Crippen molar-refractivity contribution in [3.8, 4) is 0 Å². The number of aliphatic hydroxyl groups is 1. The number of hydrogen-bond donors (Lipinski definition) is 2. The van der Waals surface area contributed by atoms with Crippen molar-refractivity contribution in [2.45, 2.75) is 31.9 Å². The normalized spacial score (nSPS) is 29.3. The van der Waals surface area contributed by atoms with E-state index in [1.807, 2.05) is 18.2 Å². The van der Waals surface area contributed by atoms with Crippen molar-refractivity contribution < 1.29 is 14.6 Å². The molecule has 1 spiro atoms. The monoisotopic (exact) mass is 261 g/mol. The number of fused-ring (bicyclic) bond motifs is 1. The van der Waals surface area contributed by atoms with Gasteiger partial charge < -0.3 is 9.84 Å². The first-order valence-electron chi connectivity index (χ1n) is 6.76. The first-order chi connectivity index (χ1) is 9.14. The van der Waals surface area contributed by atoms with Gasteiger partial charge in [0.2, 0.25) is 0 Å². The topological polar surface area (TPSA) is 58.6 Å². The number of aliphatic hydroxyl groups excluding tert-OH is 1. The highest BCUT2D eigenvalue weighted by atomic mass is 16.5. The molecule has 0 radical (unpaired) electrons. The molecule has 102 valence electrons. The summed E-state index contributed by atoms with van der Waals surface area (Å²) in [4.78, 5) is 11.5. The van der Waals surface area contributed by atoms with Gasteiger partial charge in [0.05, 0.1) is 12.7 Å². The maximum atomic E-state index is 11.5. The Hall–Kier alpha value is -1.39. The van der Waals surface area contributed by atoms with Crippen LogP contribution in [0.25, 0.3) is 0 Å². The van der Waals surface area contributed by atoms with E-state index in [-0.39, 0.29) is 11.4 Å². The van der Waals surface area contributed by atoms with E-state index in [9.17, 15) is 9.90 Å². The van der Waals surface area contributed by atoms with Gasteiger partial charge in [-0.25, -0.2) is 4.79 Å². The van der Waals surface area contributed by atoms with Crippen LogP contribution in [0.15, 0.2) is 18.2 Å². The highest BCUT2D eigenvalue weighted by Gasteiger charge is 2.43. The zero-order valence-corrected chi connectivity index (χ0v) is 11.1. The molecule has 1 aliphatic heterocycles. The highest BCUT2D eigenvalue weighted by molar-refractivity contribution is 5.89. The molecule has 1 aromatic carbocycles. The molecule has 2 aliphatic rings. The van der Waals surface area contributed by atoms with Gasteiger partial charge in [-0.3, -0.25) is 5.32 Å². The van der Waals surface area contributed by atoms with Crippen LogP contribution in [0.1, 0.15) is 34.3 Å². The second kappa shape index (κ2) is 4.62. The fourth-order valence-electron chi connectivity index (χ4n) is 3.39. The third-order valence-electron chi connectivity index (χ3n) is 4.60. The maximum Gasteiger partial charge on any atom is 0.337 e. The quantitative estimate of drug-likeness (QED) is 0.747. The fraction of sp³-hybridized carbons (Fsp3) is 0.533. The van der Waals surface area contributed by atoms with Crippen molar-refractivity contribution in [2.24, 2.45) is 5.41 Å². The predicted molar refractivity (Wildman–Crippen MR) is 70.9 cm³/mol. The number of hydrogen-bond acceptors (Lipinski definition) is 4. The minimum absolute atomic E-state index is 0.0141. The van der Waals surface area contributed by atoms with Crippen molar-refractivity contribution in [1.29, 1.82) is 0 Å². The molecule has 1 aliphatic carbocycles. The lowest BCUT2D eigenvalue weighted by molar-refractivity contribution is 0.0271. The van der Waals surface area contributed by atoms with Gasteiger partial charge in [0.25, 0.3) is 0 Å². The van der Waals surface area contributed by atoms with E-state index >= 15 is 0 Å². The molecule has 0 bridgehead atoms. The van der Waals surface area contributed by atoms with Crippen LogP contribution in [0, 0.1) is 5.41 Å². The average molecular weight is 261 g/mol. The van der Waals surface area contributed by atoms with E-state index in [1.54, 1.807) is 0 Å². The summed E-state index contributed by atoms with van der Waals surface area (Å²) in [5.74, 6) is -0.286. The third kappa shape index (κ3) is 2.05. The van der Waals surface area contributed by atoms with E-state index in [0.717, 1.165) is 32.2 Å². The Labute approximate surface area is 112 Å². The Morgan fingerprint density at radius 1 is 1.42 bits per heavy atom. The first-order valence-corrected chi connectivity index (χ1v) is 6.76. The van der Waals surface area contributed by atoms with E-state index < -0.39 is 6.23 Å². The molecule has 2 atom stereocenters. The lowest BCUT2D eigenvalue weighted by Gasteiger charge is -2.37. The average Bonchev–Trinajstić information content (AvgIpc) is 2.78. The summed E-state index contributed by atoms with van der Waals surface area (Å²) in [6.07, 6.45) is 3.39. The minimum Gasteiger partial charge on any atom is -0.465 e. The van der Waals surface area contributed by atoms with Crippen molar-refractivity contribution in [2.75, 3.05) is 13.7 Å². The summed E-state index contributed by atoms with van der Waals surface area (Å²) in [5, 5.41) is 13.3. The number of methoxy groups -OCH3 is 1. The summed E-state index contributed by atoms with van der Waals surface area (Å²) in [6, 6.07) is 5.76. The van der Waals surface area contributed by atoms with E-state index in [0.29, 0.717) is 5.56 Å². The Morgan fingerprint density at radius 3 is 2.95 bits per heavy atom. The van der Waals surface area contributed by atoms with E-state index in [1.165, 1.54) is 18.2 Å². The van der Waals surface area contributed by atoms with Crippen LogP contribution in [-0.2, 0) is 17.6 Å². The van der Waals surface area contributed by atoms with Crippen molar-refractivity contribution in [3.63, 3.8) is 0 Å². The van der Waals surface area contributed by atoms with Crippen molar-refractivity contribution in [1.82, 2.24) is 5.32 Å². The summed E-state index contributed by atoms with van der Waals surface area (Å²) < 4.78 is 4.75. The lowest BCUT2D eigenvalue weighted by atomic mass is 9.70. The van der Waals surface area contributed by atoms with Gasteiger partial charge in [0.15, 0.2) is 0 Å². The van der Waals surface area contributed by atoms with Gasteiger partial charge in [0.1, 0.15) is 6.23 Å². The summed E-state index contributed by atoms with van der Waals surface area (Å²) >= 11 is 0. The number of carbonyl (C=O) groups excluding carboxylic acids is 1. The predicted octanol–water partition coefficient (Wildman–Crippen LogP) is 1.26. The van der Waals surface area contributed by atoms with Gasteiger partial charge in [0, 0.05) is 5.41 Å². The summed E-state index contributed by atoms with van der Waals surface area (Å²) in [6.45, 7) is 0.886. The molecule has 19 heavy (non-hydrogen) atoms. The molecule has 0 aromatic heterocycles. The number of ether oxygens (including phenoxy) is 1. The number of nitrogens with one attached hydrogen (secondary N) is 1. The molecule has 0 amide bonds. The Kier molecular flexibility index (Phi) is 3.07. The Balaban J connectivity index is 1.89. The van der Waals surface area contributed by atoms with Gasteiger partial charge in [-0.05, 0) is 55.5 Å². The number of benzene rings is 1. The minimum atomic E-state index is -0.402. The number of carbonyl (C=O) groups is 1. The molecule has 1 aromatic rings. The molecular formula is C15H19NO3. The second-order valence-corrected chi connectivity index (χ2v) is 5.62. The van der Waals surface area contributed by atoms with E-state index in [2.05, 4.69) is 5.32 Å². The van der Waals surface area contributed by atoms with Gasteiger partial charge in [-0.1, -0.05) is 6.07 Å². The zero-order chi connectivity index (χ0) is 13.5. The van der Waals surface area contributed by atoms with Crippen LogP contribution in [-0.4, -0.2) is 31.0 Å². The van der Waals surface area contributed by atoms with Crippen LogP contribution in [0.2, 0.25) is 0 Å². The zero-order valence-electron chi connectivity index (χ0n) is 11.1. The maximum absolute atomic E-state index is 11.5. The van der Waals surface area contributed by atoms with Crippen LogP contribution in [0.4, 0.5) is 0 Å². The largest absolute Gasteiger partial charge is 0.465 e. The van der Waals surface area contributed by atoms with Crippen molar-refractivity contribution in [3.05, 3.63) is 34.9 Å². The number of aryl methyl sites for hydroxylation is 1.